The van der Waals surface area contributed by atoms with Crippen molar-refractivity contribution in [3.8, 4) is 5.75 Å². The Morgan fingerprint density at radius 3 is 2.52 bits per heavy atom. The van der Waals surface area contributed by atoms with E-state index >= 15 is 0 Å². The number of fused-ring (bicyclic) bond motifs is 1. The van der Waals surface area contributed by atoms with Crippen LogP contribution in [0.1, 0.15) is 54.2 Å². The lowest BCUT2D eigenvalue weighted by molar-refractivity contribution is -0.137. The van der Waals surface area contributed by atoms with Gasteiger partial charge in [-0.15, -0.1) is 0 Å². The number of aromatic nitrogens is 2. The molecule has 9 heteroatoms. The number of benzene rings is 2. The molecule has 1 aromatic heterocycles. The fourth-order valence-electron chi connectivity index (χ4n) is 4.28. The number of nitrogens with one attached hydrogen (secondary N) is 1. The Bertz CT molecular complexity index is 1160. The van der Waals surface area contributed by atoms with Crippen molar-refractivity contribution in [1.29, 1.82) is 0 Å². The number of alkyl halides is 3. The van der Waals surface area contributed by atoms with Gasteiger partial charge >= 0.3 is 6.18 Å². The number of aryl methyl sites for hydroxylation is 1. The molecule has 176 valence electrons. The van der Waals surface area contributed by atoms with E-state index in [1.165, 1.54) is 0 Å². The predicted octanol–water partition coefficient (Wildman–Crippen LogP) is 6.33. The van der Waals surface area contributed by atoms with Gasteiger partial charge in [0.2, 0.25) is 0 Å². The second-order valence-electron chi connectivity index (χ2n) is 8.37. The Balaban J connectivity index is 1.75. The van der Waals surface area contributed by atoms with E-state index in [4.69, 9.17) is 10.5 Å². The van der Waals surface area contributed by atoms with Crippen LogP contribution < -0.4 is 15.8 Å². The molecule has 0 radical (unpaired) electrons. The maximum Gasteiger partial charge on any atom is 0.416 e. The van der Waals surface area contributed by atoms with Crippen LogP contribution in [-0.4, -0.2) is 28.6 Å². The summed E-state index contributed by atoms with van der Waals surface area (Å²) in [6, 6.07) is 7.17. The van der Waals surface area contributed by atoms with E-state index in [0.717, 1.165) is 58.7 Å². The summed E-state index contributed by atoms with van der Waals surface area (Å²) in [6.07, 6.45) is -2.32. The second kappa shape index (κ2) is 9.29. The fourth-order valence-corrected chi connectivity index (χ4v) is 5.39. The lowest BCUT2D eigenvalue weighted by Crippen LogP contribution is -2.13. The lowest BCUT2D eigenvalue weighted by Gasteiger charge is -2.24. The summed E-state index contributed by atoms with van der Waals surface area (Å²) in [5, 5.41) is 4.12. The topological polar surface area (TPSA) is 73.1 Å². The van der Waals surface area contributed by atoms with Gasteiger partial charge in [0.1, 0.15) is 17.4 Å². The van der Waals surface area contributed by atoms with Crippen molar-refractivity contribution in [3.05, 3.63) is 52.8 Å². The first-order valence-corrected chi connectivity index (χ1v) is 12.0. The highest BCUT2D eigenvalue weighted by Gasteiger charge is 2.31. The van der Waals surface area contributed by atoms with E-state index in [1.807, 2.05) is 17.8 Å². The van der Waals surface area contributed by atoms with Crippen LogP contribution in [0.5, 0.6) is 5.75 Å². The lowest BCUT2D eigenvalue weighted by atomic mass is 9.91. The monoisotopic (exact) mass is 476 g/mol. The molecule has 1 fully saturated rings. The first-order chi connectivity index (χ1) is 15.7. The summed E-state index contributed by atoms with van der Waals surface area (Å²) >= 11 is 1.96. The minimum atomic E-state index is -4.47. The number of methoxy groups -OCH3 is 1. The molecule has 0 saturated carbocycles. The van der Waals surface area contributed by atoms with Gasteiger partial charge in [0.25, 0.3) is 0 Å². The van der Waals surface area contributed by atoms with Gasteiger partial charge in [-0.05, 0) is 79.5 Å². The summed E-state index contributed by atoms with van der Waals surface area (Å²) in [4.78, 5) is 9.15. The molecule has 1 saturated heterocycles. The third-order valence-electron chi connectivity index (χ3n) is 5.98. The molecule has 2 heterocycles. The average Bonchev–Trinajstić information content (AvgIpc) is 2.77. The number of hydrogen-bond acceptors (Lipinski definition) is 6. The number of halogens is 3. The van der Waals surface area contributed by atoms with E-state index in [0.29, 0.717) is 23.1 Å². The maximum atomic E-state index is 13.3. The number of ether oxygens (including phenoxy) is 1. The van der Waals surface area contributed by atoms with E-state index < -0.39 is 17.8 Å². The molecule has 3 aromatic rings. The van der Waals surface area contributed by atoms with Crippen LogP contribution in [-0.2, 0) is 6.18 Å². The molecule has 1 aliphatic heterocycles. The minimum absolute atomic E-state index is 0.0689. The van der Waals surface area contributed by atoms with Crippen molar-refractivity contribution in [2.75, 3.05) is 29.7 Å². The van der Waals surface area contributed by atoms with Crippen LogP contribution in [0.3, 0.4) is 0 Å². The van der Waals surface area contributed by atoms with E-state index in [2.05, 4.69) is 21.4 Å². The highest BCUT2D eigenvalue weighted by Crippen LogP contribution is 2.40. The van der Waals surface area contributed by atoms with Gasteiger partial charge in [-0.1, -0.05) is 0 Å². The van der Waals surface area contributed by atoms with Crippen molar-refractivity contribution in [1.82, 2.24) is 9.97 Å². The summed E-state index contributed by atoms with van der Waals surface area (Å²) in [5.41, 5.74) is 7.35. The van der Waals surface area contributed by atoms with Crippen LogP contribution in [0.4, 0.5) is 24.7 Å². The van der Waals surface area contributed by atoms with Gasteiger partial charge in [-0.25, -0.2) is 9.97 Å². The van der Waals surface area contributed by atoms with Crippen LogP contribution >= 0.6 is 11.8 Å². The zero-order valence-electron chi connectivity index (χ0n) is 18.8. The first-order valence-electron chi connectivity index (χ1n) is 10.8. The van der Waals surface area contributed by atoms with E-state index in [9.17, 15) is 13.2 Å². The van der Waals surface area contributed by atoms with Crippen LogP contribution in [0.15, 0.2) is 30.3 Å². The van der Waals surface area contributed by atoms with Crippen LogP contribution in [0.2, 0.25) is 0 Å². The van der Waals surface area contributed by atoms with Crippen LogP contribution in [0.25, 0.3) is 10.9 Å². The van der Waals surface area contributed by atoms with Crippen molar-refractivity contribution in [2.24, 2.45) is 0 Å². The summed E-state index contributed by atoms with van der Waals surface area (Å²) in [7, 11) is 1.66. The largest absolute Gasteiger partial charge is 0.496 e. The standard InChI is InChI=1S/C24H27F3N4OS/c1-13(16-8-17(24(25,26)27)10-18(28)9-16)29-23-20-11-19(15-4-6-33-7-5-15)22(32-3)12-21(20)30-14(2)31-23/h8-13,15H,4-7,28H2,1-3H3,(H,29,30,31). The van der Waals surface area contributed by atoms with Gasteiger partial charge in [-0.3, -0.25) is 0 Å². The molecule has 2 aromatic carbocycles. The second-order valence-corrected chi connectivity index (χ2v) is 9.59. The van der Waals surface area contributed by atoms with Crippen LogP contribution in [0, 0.1) is 6.92 Å². The molecule has 1 aliphatic rings. The molecule has 0 aliphatic carbocycles. The number of thioether (sulfide) groups is 1. The van der Waals surface area contributed by atoms with Gasteiger partial charge < -0.3 is 15.8 Å². The smallest absolute Gasteiger partial charge is 0.416 e. The highest BCUT2D eigenvalue weighted by molar-refractivity contribution is 7.99. The summed E-state index contributed by atoms with van der Waals surface area (Å²) in [6.45, 7) is 3.58. The Morgan fingerprint density at radius 1 is 1.12 bits per heavy atom. The summed E-state index contributed by atoms with van der Waals surface area (Å²) < 4.78 is 45.5. The van der Waals surface area contributed by atoms with Gasteiger partial charge in [0, 0.05) is 17.1 Å². The molecule has 33 heavy (non-hydrogen) atoms. The molecule has 4 rings (SSSR count). The predicted molar refractivity (Wildman–Crippen MR) is 128 cm³/mol. The molecule has 3 N–H and O–H groups in total. The van der Waals surface area contributed by atoms with Crippen molar-refractivity contribution in [3.63, 3.8) is 0 Å². The first kappa shape index (κ1) is 23.5. The number of nitrogen functional groups attached to an aromatic ring is 1. The molecule has 5 nitrogen and oxygen atoms in total. The molecule has 1 unspecified atom stereocenters. The normalized spacial score (nSPS) is 16.1. The number of hydrogen-bond donors (Lipinski definition) is 2. The Hall–Kier alpha value is -2.68. The molecule has 1 atom stereocenters. The SMILES string of the molecule is COc1cc2nc(C)nc(NC(C)c3cc(N)cc(C(F)(F)F)c3)c2cc1C1CCSCC1. The number of nitrogens with two attached hydrogens (primary N) is 1. The molecule has 0 spiro atoms. The van der Waals surface area contributed by atoms with E-state index in [1.54, 1.807) is 27.0 Å². The average molecular weight is 477 g/mol. The molecular formula is C24H27F3N4OS. The zero-order valence-corrected chi connectivity index (χ0v) is 19.6. The fraction of sp³-hybridized carbons (Fsp3) is 0.417. The number of anilines is 2. The molecular weight excluding hydrogens is 449 g/mol. The number of rotatable bonds is 5. The Morgan fingerprint density at radius 2 is 1.85 bits per heavy atom. The third kappa shape index (κ3) is 5.13. The molecule has 0 amide bonds. The van der Waals surface area contributed by atoms with Gasteiger partial charge in [0.15, 0.2) is 0 Å². The Kier molecular flexibility index (Phi) is 6.61. The molecule has 0 bridgehead atoms. The van der Waals surface area contributed by atoms with Crippen molar-refractivity contribution >= 4 is 34.2 Å². The van der Waals surface area contributed by atoms with Crippen molar-refractivity contribution in [2.45, 2.75) is 44.8 Å². The minimum Gasteiger partial charge on any atom is -0.496 e. The van der Waals surface area contributed by atoms with Gasteiger partial charge in [0.05, 0.1) is 24.2 Å². The Labute approximate surface area is 195 Å². The zero-order chi connectivity index (χ0) is 23.8. The van der Waals surface area contributed by atoms with E-state index in [-0.39, 0.29) is 5.69 Å². The maximum absolute atomic E-state index is 13.3. The number of nitrogens with zero attached hydrogens (tertiary/aromatic N) is 2. The summed E-state index contributed by atoms with van der Waals surface area (Å²) in [5.74, 6) is 4.55. The highest BCUT2D eigenvalue weighted by atomic mass is 32.2. The van der Waals surface area contributed by atoms with Crippen molar-refractivity contribution < 1.29 is 17.9 Å². The van der Waals surface area contributed by atoms with Gasteiger partial charge in [-0.2, -0.15) is 24.9 Å². The quantitative estimate of drug-likeness (QED) is 0.419. The third-order valence-corrected chi connectivity index (χ3v) is 7.03.